The highest BCUT2D eigenvalue weighted by atomic mass is 32.2. The molecule has 0 aromatic heterocycles. The van der Waals surface area contributed by atoms with Gasteiger partial charge in [-0.1, -0.05) is 13.8 Å². The lowest BCUT2D eigenvalue weighted by molar-refractivity contribution is 0.345. The first kappa shape index (κ1) is 8.41. The Morgan fingerprint density at radius 2 is 2.00 bits per heavy atom. The summed E-state index contributed by atoms with van der Waals surface area (Å²) in [5.74, 6) is 1.30. The van der Waals surface area contributed by atoms with Crippen LogP contribution in [0, 0.1) is 0 Å². The molecule has 0 atom stereocenters. The molecule has 60 valence electrons. The van der Waals surface area contributed by atoms with Crippen molar-refractivity contribution in [2.75, 3.05) is 25.9 Å². The zero-order chi connectivity index (χ0) is 7.61. The standard InChI is InChI=1S/C8H17NS/c1-8(2)4-5-9(3)6-7-10-8/h4-7H2,1-3H3. The summed E-state index contributed by atoms with van der Waals surface area (Å²) in [6, 6.07) is 0. The van der Waals surface area contributed by atoms with Crippen LogP contribution in [0.5, 0.6) is 0 Å². The Kier molecular flexibility index (Phi) is 2.64. The molecular weight excluding hydrogens is 142 g/mol. The fraction of sp³-hybridized carbons (Fsp3) is 1.00. The molecule has 10 heavy (non-hydrogen) atoms. The van der Waals surface area contributed by atoms with Crippen LogP contribution in [0.1, 0.15) is 20.3 Å². The fourth-order valence-corrected chi connectivity index (χ4v) is 2.31. The number of thioether (sulfide) groups is 1. The molecule has 0 bridgehead atoms. The summed E-state index contributed by atoms with van der Waals surface area (Å²) in [7, 11) is 2.21. The minimum atomic E-state index is 0.519. The van der Waals surface area contributed by atoms with Crippen molar-refractivity contribution in [3.8, 4) is 0 Å². The highest BCUT2D eigenvalue weighted by Crippen LogP contribution is 2.29. The van der Waals surface area contributed by atoms with Crippen LogP contribution < -0.4 is 0 Å². The van der Waals surface area contributed by atoms with Crippen molar-refractivity contribution < 1.29 is 0 Å². The van der Waals surface area contributed by atoms with E-state index in [1.54, 1.807) is 0 Å². The van der Waals surface area contributed by atoms with Gasteiger partial charge in [0.05, 0.1) is 0 Å². The van der Waals surface area contributed by atoms with Gasteiger partial charge in [-0.3, -0.25) is 0 Å². The van der Waals surface area contributed by atoms with Gasteiger partial charge in [0, 0.05) is 17.0 Å². The summed E-state index contributed by atoms with van der Waals surface area (Å²) in [6.07, 6.45) is 1.33. The molecule has 0 aromatic rings. The van der Waals surface area contributed by atoms with Crippen LogP contribution in [0.15, 0.2) is 0 Å². The van der Waals surface area contributed by atoms with Gasteiger partial charge in [0.1, 0.15) is 0 Å². The fourth-order valence-electron chi connectivity index (χ4n) is 1.12. The minimum Gasteiger partial charge on any atom is -0.305 e. The zero-order valence-electron chi connectivity index (χ0n) is 7.18. The van der Waals surface area contributed by atoms with Crippen molar-refractivity contribution in [3.63, 3.8) is 0 Å². The molecule has 1 fully saturated rings. The molecule has 0 unspecified atom stereocenters. The van der Waals surface area contributed by atoms with E-state index < -0.39 is 0 Å². The smallest absolute Gasteiger partial charge is 0.0116 e. The normalized spacial score (nSPS) is 27.9. The first-order valence-electron chi connectivity index (χ1n) is 3.93. The van der Waals surface area contributed by atoms with E-state index in [0.717, 1.165) is 0 Å². The first-order valence-corrected chi connectivity index (χ1v) is 4.91. The van der Waals surface area contributed by atoms with E-state index in [1.807, 2.05) is 0 Å². The van der Waals surface area contributed by atoms with Gasteiger partial charge in [-0.05, 0) is 20.0 Å². The molecule has 0 saturated carbocycles. The molecule has 1 heterocycles. The lowest BCUT2D eigenvalue weighted by atomic mass is 10.1. The number of hydrogen-bond acceptors (Lipinski definition) is 2. The van der Waals surface area contributed by atoms with E-state index in [4.69, 9.17) is 0 Å². The molecule has 0 spiro atoms. The maximum absolute atomic E-state index is 2.42. The molecule has 1 saturated heterocycles. The highest BCUT2D eigenvalue weighted by Gasteiger charge is 2.21. The zero-order valence-corrected chi connectivity index (χ0v) is 8.00. The first-order chi connectivity index (χ1) is 4.60. The Labute approximate surface area is 68.2 Å². The predicted octanol–water partition coefficient (Wildman–Crippen LogP) is 1.83. The van der Waals surface area contributed by atoms with E-state index in [0.29, 0.717) is 4.75 Å². The molecule has 0 N–H and O–H groups in total. The second-order valence-electron chi connectivity index (χ2n) is 3.66. The van der Waals surface area contributed by atoms with Gasteiger partial charge in [-0.2, -0.15) is 11.8 Å². The van der Waals surface area contributed by atoms with Gasteiger partial charge >= 0.3 is 0 Å². The van der Waals surface area contributed by atoms with Crippen LogP contribution >= 0.6 is 11.8 Å². The van der Waals surface area contributed by atoms with Crippen LogP contribution in [0.3, 0.4) is 0 Å². The minimum absolute atomic E-state index is 0.519. The van der Waals surface area contributed by atoms with Crippen LogP contribution in [0.25, 0.3) is 0 Å². The van der Waals surface area contributed by atoms with Crippen LogP contribution in [-0.2, 0) is 0 Å². The van der Waals surface area contributed by atoms with Crippen molar-refractivity contribution in [2.45, 2.75) is 25.0 Å². The van der Waals surface area contributed by atoms with E-state index in [9.17, 15) is 0 Å². The van der Waals surface area contributed by atoms with E-state index >= 15 is 0 Å². The quantitative estimate of drug-likeness (QED) is 0.530. The molecule has 0 aliphatic carbocycles. The van der Waals surface area contributed by atoms with E-state index in [1.165, 1.54) is 25.3 Å². The summed E-state index contributed by atoms with van der Waals surface area (Å²) in [6.45, 7) is 7.21. The second-order valence-corrected chi connectivity index (χ2v) is 5.46. The Balaban J connectivity index is 2.41. The van der Waals surface area contributed by atoms with Gasteiger partial charge in [0.15, 0.2) is 0 Å². The van der Waals surface area contributed by atoms with E-state index in [-0.39, 0.29) is 0 Å². The molecule has 2 heteroatoms. The molecule has 1 aliphatic rings. The molecule has 1 rings (SSSR count). The number of nitrogens with zero attached hydrogens (tertiary/aromatic N) is 1. The van der Waals surface area contributed by atoms with Crippen molar-refractivity contribution in [1.82, 2.24) is 4.90 Å². The van der Waals surface area contributed by atoms with Gasteiger partial charge in [0.25, 0.3) is 0 Å². The second kappa shape index (κ2) is 3.14. The number of hydrogen-bond donors (Lipinski definition) is 0. The third-order valence-corrected chi connectivity index (χ3v) is 3.43. The molecule has 0 aromatic carbocycles. The van der Waals surface area contributed by atoms with Gasteiger partial charge in [-0.15, -0.1) is 0 Å². The highest BCUT2D eigenvalue weighted by molar-refractivity contribution is 8.00. The Morgan fingerprint density at radius 3 is 2.70 bits per heavy atom. The molecule has 1 aliphatic heterocycles. The molecule has 0 amide bonds. The van der Waals surface area contributed by atoms with Crippen LogP contribution in [-0.4, -0.2) is 35.5 Å². The molecule has 1 nitrogen and oxygen atoms in total. The largest absolute Gasteiger partial charge is 0.305 e. The summed E-state index contributed by atoms with van der Waals surface area (Å²) in [4.78, 5) is 2.42. The monoisotopic (exact) mass is 159 g/mol. The Bertz CT molecular complexity index is 112. The summed E-state index contributed by atoms with van der Waals surface area (Å²) >= 11 is 2.10. The third-order valence-electron chi connectivity index (χ3n) is 2.06. The Morgan fingerprint density at radius 1 is 1.30 bits per heavy atom. The van der Waals surface area contributed by atoms with Crippen molar-refractivity contribution >= 4 is 11.8 Å². The lowest BCUT2D eigenvalue weighted by Crippen LogP contribution is -2.22. The molecule has 0 radical (unpaired) electrons. The molecular formula is C8H17NS. The number of rotatable bonds is 0. The maximum Gasteiger partial charge on any atom is 0.0116 e. The Hall–Kier alpha value is 0.310. The average molecular weight is 159 g/mol. The third kappa shape index (κ3) is 2.51. The predicted molar refractivity (Wildman–Crippen MR) is 48.7 cm³/mol. The van der Waals surface area contributed by atoms with Crippen molar-refractivity contribution in [1.29, 1.82) is 0 Å². The SMILES string of the molecule is CN1CCSC(C)(C)CC1. The van der Waals surface area contributed by atoms with Crippen molar-refractivity contribution in [2.24, 2.45) is 0 Å². The van der Waals surface area contributed by atoms with Crippen LogP contribution in [0.4, 0.5) is 0 Å². The maximum atomic E-state index is 2.42. The van der Waals surface area contributed by atoms with Crippen LogP contribution in [0.2, 0.25) is 0 Å². The summed E-state index contributed by atoms with van der Waals surface area (Å²) < 4.78 is 0.519. The lowest BCUT2D eigenvalue weighted by Gasteiger charge is -2.20. The average Bonchev–Trinajstić information content (AvgIpc) is 1.94. The van der Waals surface area contributed by atoms with E-state index in [2.05, 4.69) is 37.6 Å². The summed E-state index contributed by atoms with van der Waals surface area (Å²) in [5.41, 5.74) is 0. The van der Waals surface area contributed by atoms with Gasteiger partial charge in [0.2, 0.25) is 0 Å². The van der Waals surface area contributed by atoms with Gasteiger partial charge in [-0.25, -0.2) is 0 Å². The summed E-state index contributed by atoms with van der Waals surface area (Å²) in [5, 5.41) is 0. The topological polar surface area (TPSA) is 3.24 Å². The van der Waals surface area contributed by atoms with Crippen molar-refractivity contribution in [3.05, 3.63) is 0 Å². The van der Waals surface area contributed by atoms with Gasteiger partial charge < -0.3 is 4.90 Å².